The van der Waals surface area contributed by atoms with Crippen molar-refractivity contribution in [2.24, 2.45) is 0 Å². The normalized spacial score (nSPS) is 19.2. The lowest BCUT2D eigenvalue weighted by Gasteiger charge is -2.23. The van der Waals surface area contributed by atoms with Crippen LogP contribution < -0.4 is 20.1 Å². The van der Waals surface area contributed by atoms with Crippen molar-refractivity contribution in [3.8, 4) is 11.5 Å². The Kier molecular flexibility index (Phi) is 5.48. The molecule has 1 aromatic rings. The fourth-order valence-electron chi connectivity index (χ4n) is 2.48. The SMILES string of the molecule is COc1ccc(CCNC2CCCNC2)cc1OC. The van der Waals surface area contributed by atoms with Crippen molar-refractivity contribution in [1.29, 1.82) is 0 Å². The van der Waals surface area contributed by atoms with E-state index in [2.05, 4.69) is 22.8 Å². The number of ether oxygens (including phenoxy) is 2. The van der Waals surface area contributed by atoms with Crippen LogP contribution in [0, 0.1) is 0 Å². The predicted octanol–water partition coefficient (Wildman–Crippen LogP) is 1.59. The van der Waals surface area contributed by atoms with Crippen molar-refractivity contribution in [2.45, 2.75) is 25.3 Å². The highest BCUT2D eigenvalue weighted by molar-refractivity contribution is 5.42. The second-order valence-electron chi connectivity index (χ2n) is 4.94. The van der Waals surface area contributed by atoms with Gasteiger partial charge in [-0.2, -0.15) is 0 Å². The van der Waals surface area contributed by atoms with Gasteiger partial charge < -0.3 is 20.1 Å². The summed E-state index contributed by atoms with van der Waals surface area (Å²) in [5, 5.41) is 7.02. The molecule has 106 valence electrons. The fraction of sp³-hybridized carbons (Fsp3) is 0.600. The highest BCUT2D eigenvalue weighted by Crippen LogP contribution is 2.27. The third kappa shape index (κ3) is 4.11. The third-order valence-electron chi connectivity index (χ3n) is 3.59. The molecule has 0 radical (unpaired) electrons. The molecule has 1 aromatic carbocycles. The summed E-state index contributed by atoms with van der Waals surface area (Å²) in [5.41, 5.74) is 1.27. The van der Waals surface area contributed by atoms with Crippen molar-refractivity contribution in [3.05, 3.63) is 23.8 Å². The molecule has 0 saturated carbocycles. The van der Waals surface area contributed by atoms with Gasteiger partial charge in [-0.25, -0.2) is 0 Å². The zero-order chi connectivity index (χ0) is 13.5. The molecule has 1 aliphatic rings. The molecule has 1 atom stereocenters. The van der Waals surface area contributed by atoms with Gasteiger partial charge in [-0.3, -0.25) is 0 Å². The number of rotatable bonds is 6. The average Bonchev–Trinajstić information content (AvgIpc) is 2.48. The van der Waals surface area contributed by atoms with Gasteiger partial charge in [-0.1, -0.05) is 6.07 Å². The van der Waals surface area contributed by atoms with Gasteiger partial charge in [0.05, 0.1) is 14.2 Å². The minimum absolute atomic E-state index is 0.619. The maximum Gasteiger partial charge on any atom is 0.160 e. The van der Waals surface area contributed by atoms with E-state index in [4.69, 9.17) is 9.47 Å². The topological polar surface area (TPSA) is 42.5 Å². The Hall–Kier alpha value is -1.26. The van der Waals surface area contributed by atoms with Crippen molar-refractivity contribution in [3.63, 3.8) is 0 Å². The van der Waals surface area contributed by atoms with Crippen molar-refractivity contribution in [2.75, 3.05) is 33.9 Å². The zero-order valence-corrected chi connectivity index (χ0v) is 11.9. The lowest BCUT2D eigenvalue weighted by atomic mass is 10.1. The van der Waals surface area contributed by atoms with Crippen LogP contribution in [0.3, 0.4) is 0 Å². The summed E-state index contributed by atoms with van der Waals surface area (Å²) >= 11 is 0. The molecule has 19 heavy (non-hydrogen) atoms. The molecule has 0 aromatic heterocycles. The van der Waals surface area contributed by atoms with Gasteiger partial charge >= 0.3 is 0 Å². The van der Waals surface area contributed by atoms with Crippen molar-refractivity contribution >= 4 is 0 Å². The summed E-state index contributed by atoms with van der Waals surface area (Å²) in [5.74, 6) is 1.59. The molecule has 2 N–H and O–H groups in total. The zero-order valence-electron chi connectivity index (χ0n) is 11.9. The Morgan fingerprint density at radius 2 is 2.11 bits per heavy atom. The van der Waals surface area contributed by atoms with Gasteiger partial charge in [0.15, 0.2) is 11.5 Å². The van der Waals surface area contributed by atoms with E-state index in [-0.39, 0.29) is 0 Å². The van der Waals surface area contributed by atoms with E-state index in [0.29, 0.717) is 6.04 Å². The minimum atomic E-state index is 0.619. The second kappa shape index (κ2) is 7.36. The van der Waals surface area contributed by atoms with E-state index in [9.17, 15) is 0 Å². The third-order valence-corrected chi connectivity index (χ3v) is 3.59. The van der Waals surface area contributed by atoms with Crippen molar-refractivity contribution < 1.29 is 9.47 Å². The van der Waals surface area contributed by atoms with Crippen LogP contribution in [0.15, 0.2) is 18.2 Å². The van der Waals surface area contributed by atoms with Crippen LogP contribution in [0.1, 0.15) is 18.4 Å². The standard InChI is InChI=1S/C15H24N2O2/c1-18-14-6-5-12(10-15(14)19-2)7-9-17-13-4-3-8-16-11-13/h5-6,10,13,16-17H,3-4,7-9,11H2,1-2H3. The van der Waals surface area contributed by atoms with Crippen LogP contribution in [0.4, 0.5) is 0 Å². The summed E-state index contributed by atoms with van der Waals surface area (Å²) in [6.07, 6.45) is 3.56. The molecule has 4 heteroatoms. The number of piperidine rings is 1. The number of nitrogens with one attached hydrogen (secondary N) is 2. The van der Waals surface area contributed by atoms with E-state index in [1.807, 2.05) is 6.07 Å². The largest absolute Gasteiger partial charge is 0.493 e. The maximum absolute atomic E-state index is 5.32. The molecule has 1 saturated heterocycles. The van der Waals surface area contributed by atoms with Gasteiger partial charge in [0.2, 0.25) is 0 Å². The first-order valence-corrected chi connectivity index (χ1v) is 6.98. The first-order valence-electron chi connectivity index (χ1n) is 6.98. The molecule has 2 rings (SSSR count). The van der Waals surface area contributed by atoms with Crippen LogP contribution in [0.5, 0.6) is 11.5 Å². The molecule has 0 amide bonds. The Morgan fingerprint density at radius 3 is 2.79 bits per heavy atom. The molecular formula is C15H24N2O2. The molecular weight excluding hydrogens is 240 g/mol. The summed E-state index contributed by atoms with van der Waals surface area (Å²) in [6.45, 7) is 3.25. The fourth-order valence-corrected chi connectivity index (χ4v) is 2.48. The van der Waals surface area contributed by atoms with Gasteiger partial charge in [0.1, 0.15) is 0 Å². The Bertz CT molecular complexity index is 390. The maximum atomic E-state index is 5.32. The summed E-state index contributed by atoms with van der Waals surface area (Å²) < 4.78 is 10.6. The molecule has 4 nitrogen and oxygen atoms in total. The molecule has 1 unspecified atom stereocenters. The predicted molar refractivity (Wildman–Crippen MR) is 77.1 cm³/mol. The summed E-state index contributed by atoms with van der Waals surface area (Å²) in [6, 6.07) is 6.74. The van der Waals surface area contributed by atoms with Crippen molar-refractivity contribution in [1.82, 2.24) is 10.6 Å². The van der Waals surface area contributed by atoms with Gasteiger partial charge in [-0.15, -0.1) is 0 Å². The molecule has 1 aliphatic heterocycles. The van der Waals surface area contributed by atoms with Crippen LogP contribution >= 0.6 is 0 Å². The number of benzene rings is 1. The second-order valence-corrected chi connectivity index (χ2v) is 4.94. The Balaban J connectivity index is 1.81. The molecule has 0 aliphatic carbocycles. The van der Waals surface area contributed by atoms with Crippen LogP contribution in [-0.2, 0) is 6.42 Å². The molecule has 1 fully saturated rings. The summed E-state index contributed by atoms with van der Waals surface area (Å²) in [4.78, 5) is 0. The summed E-state index contributed by atoms with van der Waals surface area (Å²) in [7, 11) is 3.34. The molecule has 0 bridgehead atoms. The van der Waals surface area contributed by atoms with Crippen LogP contribution in [0.2, 0.25) is 0 Å². The first-order chi connectivity index (χ1) is 9.33. The Labute approximate surface area is 115 Å². The Morgan fingerprint density at radius 1 is 1.26 bits per heavy atom. The highest BCUT2D eigenvalue weighted by Gasteiger charge is 2.11. The molecule has 0 spiro atoms. The lowest BCUT2D eigenvalue weighted by molar-refractivity contribution is 0.354. The van der Waals surface area contributed by atoms with Gasteiger partial charge in [0.25, 0.3) is 0 Å². The van der Waals surface area contributed by atoms with Crippen LogP contribution in [-0.4, -0.2) is 39.9 Å². The number of methoxy groups -OCH3 is 2. The first kappa shape index (κ1) is 14.2. The van der Waals surface area contributed by atoms with E-state index in [0.717, 1.165) is 37.6 Å². The van der Waals surface area contributed by atoms with Gasteiger partial charge in [-0.05, 0) is 50.0 Å². The molecule has 1 heterocycles. The number of hydrogen-bond acceptors (Lipinski definition) is 4. The smallest absolute Gasteiger partial charge is 0.160 e. The van der Waals surface area contributed by atoms with E-state index >= 15 is 0 Å². The number of hydrogen-bond donors (Lipinski definition) is 2. The van der Waals surface area contributed by atoms with E-state index in [1.54, 1.807) is 14.2 Å². The average molecular weight is 264 g/mol. The van der Waals surface area contributed by atoms with E-state index in [1.165, 1.54) is 18.4 Å². The monoisotopic (exact) mass is 264 g/mol. The van der Waals surface area contributed by atoms with Gasteiger partial charge in [0, 0.05) is 12.6 Å². The lowest BCUT2D eigenvalue weighted by Crippen LogP contribution is -2.43. The highest BCUT2D eigenvalue weighted by atomic mass is 16.5. The van der Waals surface area contributed by atoms with E-state index < -0.39 is 0 Å². The quantitative estimate of drug-likeness (QED) is 0.819. The van der Waals surface area contributed by atoms with Crippen LogP contribution in [0.25, 0.3) is 0 Å². The minimum Gasteiger partial charge on any atom is -0.493 e.